The fraction of sp³-hybridized carbons (Fsp3) is 0.667. The number of aryl methyl sites for hydroxylation is 1. The number of thioether (sulfide) groups is 1. The second kappa shape index (κ2) is 9.34. The molecule has 0 aromatic carbocycles. The Morgan fingerprint density at radius 3 is 2.84 bits per heavy atom. The highest BCUT2D eigenvalue weighted by Crippen LogP contribution is 2.22. The van der Waals surface area contributed by atoms with Crippen LogP contribution in [0.2, 0.25) is 0 Å². The highest BCUT2D eigenvalue weighted by atomic mass is 32.2. The molecule has 108 valence electrons. The fourth-order valence-electron chi connectivity index (χ4n) is 1.67. The van der Waals surface area contributed by atoms with Crippen molar-refractivity contribution in [3.05, 3.63) is 23.4 Å². The van der Waals surface area contributed by atoms with E-state index in [0.717, 1.165) is 31.4 Å². The Bertz CT molecular complexity index is 369. The van der Waals surface area contributed by atoms with Crippen LogP contribution in [0.15, 0.2) is 17.3 Å². The first-order chi connectivity index (χ1) is 9.13. The van der Waals surface area contributed by atoms with Crippen LogP contribution in [0.5, 0.6) is 0 Å². The van der Waals surface area contributed by atoms with Crippen molar-refractivity contribution in [3.8, 4) is 0 Å². The monoisotopic (exact) mass is 282 g/mol. The maximum Gasteiger partial charge on any atom is 0.0989 e. The van der Waals surface area contributed by atoms with E-state index in [-0.39, 0.29) is 0 Å². The van der Waals surface area contributed by atoms with Gasteiger partial charge in [-0.25, -0.2) is 4.98 Å². The summed E-state index contributed by atoms with van der Waals surface area (Å²) in [6, 6.07) is 2.23. The highest BCUT2D eigenvalue weighted by Gasteiger charge is 2.03. The maximum absolute atomic E-state index is 5.00. The molecule has 1 aromatic heterocycles. The summed E-state index contributed by atoms with van der Waals surface area (Å²) in [5.41, 5.74) is 2.52. The zero-order chi connectivity index (χ0) is 14.1. The summed E-state index contributed by atoms with van der Waals surface area (Å²) in [5.74, 6) is 1.91. The Kier molecular flexibility index (Phi) is 8.10. The maximum atomic E-state index is 5.00. The molecule has 0 aliphatic carbocycles. The minimum absolute atomic E-state index is 0.746. The van der Waals surface area contributed by atoms with Crippen LogP contribution in [0.25, 0.3) is 0 Å². The van der Waals surface area contributed by atoms with Crippen molar-refractivity contribution in [1.29, 1.82) is 0 Å². The molecule has 4 heteroatoms. The van der Waals surface area contributed by atoms with Gasteiger partial charge in [-0.1, -0.05) is 19.9 Å². The minimum atomic E-state index is 0.746. The number of aromatic nitrogens is 1. The van der Waals surface area contributed by atoms with Crippen molar-refractivity contribution >= 4 is 11.8 Å². The Balaban J connectivity index is 2.40. The van der Waals surface area contributed by atoms with Gasteiger partial charge in [-0.15, -0.1) is 11.8 Å². The number of methoxy groups -OCH3 is 1. The molecular weight excluding hydrogens is 256 g/mol. The summed E-state index contributed by atoms with van der Waals surface area (Å²) < 4.78 is 5.00. The van der Waals surface area contributed by atoms with Gasteiger partial charge >= 0.3 is 0 Å². The van der Waals surface area contributed by atoms with Crippen molar-refractivity contribution < 1.29 is 4.74 Å². The number of ether oxygens (including phenoxy) is 1. The van der Waals surface area contributed by atoms with E-state index in [1.165, 1.54) is 22.6 Å². The van der Waals surface area contributed by atoms with Crippen LogP contribution in [0, 0.1) is 12.8 Å². The van der Waals surface area contributed by atoms with Gasteiger partial charge in [0.25, 0.3) is 0 Å². The molecule has 0 saturated heterocycles. The van der Waals surface area contributed by atoms with Gasteiger partial charge in [0.1, 0.15) is 0 Å². The predicted molar refractivity (Wildman–Crippen MR) is 82.7 cm³/mol. The summed E-state index contributed by atoms with van der Waals surface area (Å²) in [4.78, 5) is 4.57. The molecule has 0 atom stereocenters. The number of hydrogen-bond acceptors (Lipinski definition) is 4. The molecule has 0 aliphatic heterocycles. The largest absolute Gasteiger partial charge is 0.383 e. The van der Waals surface area contributed by atoms with Crippen molar-refractivity contribution in [2.45, 2.75) is 38.8 Å². The molecule has 0 radical (unpaired) electrons. The van der Waals surface area contributed by atoms with Crippen LogP contribution in [0.4, 0.5) is 0 Å². The van der Waals surface area contributed by atoms with Gasteiger partial charge in [-0.2, -0.15) is 0 Å². The van der Waals surface area contributed by atoms with E-state index in [0.29, 0.717) is 0 Å². The Morgan fingerprint density at radius 1 is 1.42 bits per heavy atom. The quantitative estimate of drug-likeness (QED) is 0.557. The molecule has 3 nitrogen and oxygen atoms in total. The first kappa shape index (κ1) is 16.5. The van der Waals surface area contributed by atoms with Gasteiger partial charge < -0.3 is 10.1 Å². The minimum Gasteiger partial charge on any atom is -0.383 e. The third kappa shape index (κ3) is 6.95. The average molecular weight is 282 g/mol. The second-order valence-corrected chi connectivity index (χ2v) is 6.25. The summed E-state index contributed by atoms with van der Waals surface area (Å²) in [5, 5.41) is 4.50. The molecule has 0 saturated carbocycles. The van der Waals surface area contributed by atoms with Crippen LogP contribution in [-0.2, 0) is 11.3 Å². The lowest BCUT2D eigenvalue weighted by atomic mass is 10.2. The number of rotatable bonds is 9. The first-order valence-electron chi connectivity index (χ1n) is 6.91. The zero-order valence-electron chi connectivity index (χ0n) is 12.5. The van der Waals surface area contributed by atoms with Crippen LogP contribution >= 0.6 is 11.8 Å². The molecule has 0 bridgehead atoms. The van der Waals surface area contributed by atoms with E-state index in [9.17, 15) is 0 Å². The van der Waals surface area contributed by atoms with E-state index in [1.807, 2.05) is 18.0 Å². The standard InChI is InChI=1S/C15H26N2OS/c1-12(2)5-8-19-15-13(3)9-14(11-17-15)10-16-6-7-18-4/h9,11-12,16H,5-8,10H2,1-4H3. The van der Waals surface area contributed by atoms with E-state index >= 15 is 0 Å². The topological polar surface area (TPSA) is 34.1 Å². The van der Waals surface area contributed by atoms with E-state index in [1.54, 1.807) is 7.11 Å². The highest BCUT2D eigenvalue weighted by molar-refractivity contribution is 7.99. The van der Waals surface area contributed by atoms with Crippen LogP contribution < -0.4 is 5.32 Å². The van der Waals surface area contributed by atoms with Gasteiger partial charge in [-0.05, 0) is 36.1 Å². The predicted octanol–water partition coefficient (Wildman–Crippen LogP) is 3.26. The van der Waals surface area contributed by atoms with Crippen molar-refractivity contribution in [3.63, 3.8) is 0 Å². The van der Waals surface area contributed by atoms with Gasteiger partial charge in [0.2, 0.25) is 0 Å². The Hall–Kier alpha value is -0.580. The third-order valence-corrected chi connectivity index (χ3v) is 3.97. The molecular formula is C15H26N2OS. The number of nitrogens with zero attached hydrogens (tertiary/aromatic N) is 1. The molecule has 0 spiro atoms. The Morgan fingerprint density at radius 2 is 2.21 bits per heavy atom. The lowest BCUT2D eigenvalue weighted by Crippen LogP contribution is -2.18. The smallest absolute Gasteiger partial charge is 0.0989 e. The van der Waals surface area contributed by atoms with Crippen LogP contribution in [0.1, 0.15) is 31.4 Å². The fourth-order valence-corrected chi connectivity index (χ4v) is 2.86. The molecule has 1 N–H and O–H groups in total. The first-order valence-corrected chi connectivity index (χ1v) is 7.90. The molecule has 0 unspecified atom stereocenters. The lowest BCUT2D eigenvalue weighted by Gasteiger charge is -2.09. The van der Waals surface area contributed by atoms with E-state index in [2.05, 4.69) is 37.1 Å². The Labute approximate surface area is 121 Å². The zero-order valence-corrected chi connectivity index (χ0v) is 13.3. The van der Waals surface area contributed by atoms with Crippen molar-refractivity contribution in [2.75, 3.05) is 26.0 Å². The molecule has 1 aromatic rings. The van der Waals surface area contributed by atoms with E-state index in [4.69, 9.17) is 4.74 Å². The molecule has 0 fully saturated rings. The van der Waals surface area contributed by atoms with Gasteiger partial charge in [0.05, 0.1) is 11.6 Å². The summed E-state index contributed by atoms with van der Waals surface area (Å²) in [6.45, 7) is 9.14. The molecule has 0 amide bonds. The summed E-state index contributed by atoms with van der Waals surface area (Å²) >= 11 is 1.86. The summed E-state index contributed by atoms with van der Waals surface area (Å²) in [7, 11) is 1.72. The number of nitrogens with one attached hydrogen (secondary N) is 1. The van der Waals surface area contributed by atoms with Gasteiger partial charge in [0, 0.05) is 26.4 Å². The molecule has 1 rings (SSSR count). The summed E-state index contributed by atoms with van der Waals surface area (Å²) in [6.07, 6.45) is 3.22. The number of pyridine rings is 1. The third-order valence-electron chi connectivity index (χ3n) is 2.83. The molecule has 1 heterocycles. The van der Waals surface area contributed by atoms with Crippen molar-refractivity contribution in [1.82, 2.24) is 10.3 Å². The normalized spacial score (nSPS) is 11.2. The van der Waals surface area contributed by atoms with Gasteiger partial charge in [0.15, 0.2) is 0 Å². The molecule has 19 heavy (non-hydrogen) atoms. The lowest BCUT2D eigenvalue weighted by molar-refractivity contribution is 0.199. The SMILES string of the molecule is COCCNCc1cnc(SCCC(C)C)c(C)c1. The second-order valence-electron chi connectivity index (χ2n) is 5.17. The van der Waals surface area contributed by atoms with Crippen molar-refractivity contribution in [2.24, 2.45) is 5.92 Å². The van der Waals surface area contributed by atoms with E-state index < -0.39 is 0 Å². The average Bonchev–Trinajstić information content (AvgIpc) is 2.37. The van der Waals surface area contributed by atoms with Gasteiger partial charge in [-0.3, -0.25) is 0 Å². The number of hydrogen-bond donors (Lipinski definition) is 1. The van der Waals surface area contributed by atoms with Crippen LogP contribution in [-0.4, -0.2) is 31.0 Å². The van der Waals surface area contributed by atoms with Crippen LogP contribution in [0.3, 0.4) is 0 Å². The molecule has 0 aliphatic rings.